The lowest BCUT2D eigenvalue weighted by Crippen LogP contribution is -2.50. The van der Waals surface area contributed by atoms with Crippen molar-refractivity contribution in [2.75, 3.05) is 6.54 Å². The minimum atomic E-state index is -0.650. The van der Waals surface area contributed by atoms with Gasteiger partial charge in [-0.15, -0.1) is 0 Å². The van der Waals surface area contributed by atoms with Crippen LogP contribution in [0.1, 0.15) is 26.7 Å². The van der Waals surface area contributed by atoms with Gasteiger partial charge in [0, 0.05) is 6.54 Å². The van der Waals surface area contributed by atoms with E-state index in [0.717, 1.165) is 6.42 Å². The number of ether oxygens (including phenoxy) is 1. The zero-order chi connectivity index (χ0) is 13.0. The molecule has 0 spiro atoms. The average molecular weight is 243 g/mol. The zero-order valence-corrected chi connectivity index (χ0v) is 10.3. The molecule has 1 aliphatic heterocycles. The second-order valence-corrected chi connectivity index (χ2v) is 4.69. The summed E-state index contributed by atoms with van der Waals surface area (Å²) in [5, 5.41) is 2.62. The monoisotopic (exact) mass is 243 g/mol. The van der Waals surface area contributed by atoms with E-state index in [9.17, 15) is 9.59 Å². The molecule has 0 aromatic rings. The van der Waals surface area contributed by atoms with Crippen LogP contribution in [0, 0.1) is 5.92 Å². The van der Waals surface area contributed by atoms with Gasteiger partial charge in [0.2, 0.25) is 11.8 Å². The smallest absolute Gasteiger partial charge is 0.249 e. The predicted molar refractivity (Wildman–Crippen MR) is 62.9 cm³/mol. The minimum absolute atomic E-state index is 0.0387. The van der Waals surface area contributed by atoms with Crippen molar-refractivity contribution in [3.63, 3.8) is 0 Å². The number of hydrogen-bond acceptors (Lipinski definition) is 4. The van der Waals surface area contributed by atoms with E-state index >= 15 is 0 Å². The van der Waals surface area contributed by atoms with Crippen molar-refractivity contribution in [3.8, 4) is 0 Å². The molecule has 6 heteroatoms. The summed E-state index contributed by atoms with van der Waals surface area (Å²) in [7, 11) is 0. The van der Waals surface area contributed by atoms with E-state index in [-0.39, 0.29) is 17.9 Å². The highest BCUT2D eigenvalue weighted by Crippen LogP contribution is 2.19. The Morgan fingerprint density at radius 1 is 1.41 bits per heavy atom. The maximum absolute atomic E-state index is 11.8. The number of amides is 2. The van der Waals surface area contributed by atoms with Crippen molar-refractivity contribution in [3.05, 3.63) is 0 Å². The zero-order valence-electron chi connectivity index (χ0n) is 10.3. The van der Waals surface area contributed by atoms with Crippen molar-refractivity contribution in [1.29, 1.82) is 0 Å². The normalized spacial score (nSPS) is 25.9. The van der Waals surface area contributed by atoms with E-state index in [4.69, 9.17) is 16.2 Å². The lowest BCUT2D eigenvalue weighted by molar-refractivity contribution is -0.135. The van der Waals surface area contributed by atoms with E-state index in [0.29, 0.717) is 13.0 Å². The first-order chi connectivity index (χ1) is 7.95. The average Bonchev–Trinajstić information content (AvgIpc) is 2.73. The highest BCUT2D eigenvalue weighted by atomic mass is 16.5. The van der Waals surface area contributed by atoms with Gasteiger partial charge in [0.15, 0.2) is 0 Å². The Morgan fingerprint density at radius 3 is 2.47 bits per heavy atom. The van der Waals surface area contributed by atoms with E-state index in [1.54, 1.807) is 0 Å². The number of hydrogen-bond donors (Lipinski definition) is 3. The van der Waals surface area contributed by atoms with Gasteiger partial charge in [-0.1, -0.05) is 13.8 Å². The fraction of sp³-hybridized carbons (Fsp3) is 0.818. The number of carbonyl (C=O) groups excluding carboxylic acids is 2. The summed E-state index contributed by atoms with van der Waals surface area (Å²) in [6.45, 7) is 4.06. The summed E-state index contributed by atoms with van der Waals surface area (Å²) < 4.78 is 5.44. The van der Waals surface area contributed by atoms with Gasteiger partial charge < -0.3 is 21.5 Å². The maximum atomic E-state index is 11.8. The molecular weight excluding hydrogens is 222 g/mol. The van der Waals surface area contributed by atoms with Crippen molar-refractivity contribution in [2.45, 2.75) is 44.9 Å². The van der Waals surface area contributed by atoms with Crippen LogP contribution >= 0.6 is 0 Å². The number of nitrogens with two attached hydrogens (primary N) is 2. The third-order valence-corrected chi connectivity index (χ3v) is 2.93. The highest BCUT2D eigenvalue weighted by Gasteiger charge is 2.32. The topological polar surface area (TPSA) is 107 Å². The SMILES string of the molecule is CC(C)C(NC(=O)C1CCC(CN)O1)C(N)=O. The van der Waals surface area contributed by atoms with E-state index in [1.807, 2.05) is 13.8 Å². The van der Waals surface area contributed by atoms with E-state index in [1.165, 1.54) is 0 Å². The van der Waals surface area contributed by atoms with Gasteiger partial charge in [-0.25, -0.2) is 0 Å². The van der Waals surface area contributed by atoms with Crippen molar-refractivity contribution in [1.82, 2.24) is 5.32 Å². The number of carbonyl (C=O) groups is 2. The number of nitrogens with one attached hydrogen (secondary N) is 1. The second-order valence-electron chi connectivity index (χ2n) is 4.69. The summed E-state index contributed by atoms with van der Waals surface area (Å²) in [5.41, 5.74) is 10.7. The third-order valence-electron chi connectivity index (χ3n) is 2.93. The van der Waals surface area contributed by atoms with Crippen LogP contribution in [0.25, 0.3) is 0 Å². The number of primary amides is 1. The quantitative estimate of drug-likeness (QED) is 0.582. The fourth-order valence-electron chi connectivity index (χ4n) is 1.88. The Hall–Kier alpha value is -1.14. The summed E-state index contributed by atoms with van der Waals surface area (Å²) in [5.74, 6) is -0.844. The van der Waals surface area contributed by atoms with Gasteiger partial charge in [0.1, 0.15) is 12.1 Å². The van der Waals surface area contributed by atoms with Gasteiger partial charge >= 0.3 is 0 Å². The lowest BCUT2D eigenvalue weighted by Gasteiger charge is -2.21. The van der Waals surface area contributed by atoms with Crippen LogP contribution in [0.3, 0.4) is 0 Å². The van der Waals surface area contributed by atoms with Crippen LogP contribution in [0.2, 0.25) is 0 Å². The number of rotatable bonds is 5. The van der Waals surface area contributed by atoms with Gasteiger partial charge in [0.05, 0.1) is 6.10 Å². The van der Waals surface area contributed by atoms with Gasteiger partial charge in [-0.2, -0.15) is 0 Å². The lowest BCUT2D eigenvalue weighted by atomic mass is 10.0. The van der Waals surface area contributed by atoms with E-state index < -0.39 is 18.1 Å². The molecule has 98 valence electrons. The van der Waals surface area contributed by atoms with Crippen LogP contribution in [0.5, 0.6) is 0 Å². The summed E-state index contributed by atoms with van der Waals surface area (Å²) in [6, 6.07) is -0.650. The Kier molecular flexibility index (Phi) is 4.89. The molecule has 0 saturated carbocycles. The van der Waals surface area contributed by atoms with Crippen LogP contribution in [0.4, 0.5) is 0 Å². The Bertz CT molecular complexity index is 294. The van der Waals surface area contributed by atoms with Crippen LogP contribution < -0.4 is 16.8 Å². The molecule has 1 fully saturated rings. The second kappa shape index (κ2) is 5.97. The molecular formula is C11H21N3O3. The highest BCUT2D eigenvalue weighted by molar-refractivity contribution is 5.88. The van der Waals surface area contributed by atoms with Gasteiger partial charge in [-0.05, 0) is 18.8 Å². The molecule has 17 heavy (non-hydrogen) atoms. The summed E-state index contributed by atoms with van der Waals surface area (Å²) in [6.07, 6.45) is 0.843. The molecule has 6 nitrogen and oxygen atoms in total. The molecule has 0 aromatic carbocycles. The molecule has 0 aromatic heterocycles. The van der Waals surface area contributed by atoms with Crippen LogP contribution in [-0.2, 0) is 14.3 Å². The third kappa shape index (κ3) is 3.67. The van der Waals surface area contributed by atoms with Crippen LogP contribution in [-0.4, -0.2) is 36.6 Å². The molecule has 1 aliphatic rings. The van der Waals surface area contributed by atoms with Crippen molar-refractivity contribution in [2.24, 2.45) is 17.4 Å². The van der Waals surface area contributed by atoms with E-state index in [2.05, 4.69) is 5.32 Å². The van der Waals surface area contributed by atoms with Gasteiger partial charge in [0.25, 0.3) is 0 Å². The summed E-state index contributed by atoms with van der Waals surface area (Å²) >= 11 is 0. The van der Waals surface area contributed by atoms with Gasteiger partial charge in [-0.3, -0.25) is 9.59 Å². The molecule has 1 rings (SSSR count). The summed E-state index contributed by atoms with van der Waals surface area (Å²) in [4.78, 5) is 23.0. The standard InChI is InChI=1S/C11H21N3O3/c1-6(2)9(10(13)15)14-11(16)8-4-3-7(5-12)17-8/h6-9H,3-5,12H2,1-2H3,(H2,13,15)(H,14,16). The molecule has 0 radical (unpaired) electrons. The molecule has 1 saturated heterocycles. The predicted octanol–water partition coefficient (Wildman–Crippen LogP) is -0.881. The first-order valence-electron chi connectivity index (χ1n) is 5.91. The first-order valence-corrected chi connectivity index (χ1v) is 5.91. The maximum Gasteiger partial charge on any atom is 0.249 e. The molecule has 5 N–H and O–H groups in total. The molecule has 2 amide bonds. The molecule has 1 heterocycles. The largest absolute Gasteiger partial charge is 0.368 e. The van der Waals surface area contributed by atoms with Crippen molar-refractivity contribution < 1.29 is 14.3 Å². The van der Waals surface area contributed by atoms with Crippen molar-refractivity contribution >= 4 is 11.8 Å². The molecule has 3 atom stereocenters. The minimum Gasteiger partial charge on any atom is -0.368 e. The Labute approximate surface area is 101 Å². The Morgan fingerprint density at radius 2 is 2.06 bits per heavy atom. The molecule has 0 bridgehead atoms. The first kappa shape index (κ1) is 13.9. The fourth-order valence-corrected chi connectivity index (χ4v) is 1.88. The molecule has 3 unspecified atom stereocenters. The Balaban J connectivity index is 2.51. The van der Waals surface area contributed by atoms with Crippen LogP contribution in [0.15, 0.2) is 0 Å². The molecule has 0 aliphatic carbocycles.